The maximum Gasteiger partial charge on any atom is 0.321 e. The maximum absolute atomic E-state index is 11.6. The molecule has 1 aromatic rings. The fourth-order valence-electron chi connectivity index (χ4n) is 2.18. The summed E-state index contributed by atoms with van der Waals surface area (Å²) in [5.41, 5.74) is 1.73. The normalized spacial score (nSPS) is 15.8. The Morgan fingerprint density at radius 1 is 1.55 bits per heavy atom. The Morgan fingerprint density at radius 2 is 2.35 bits per heavy atom. The summed E-state index contributed by atoms with van der Waals surface area (Å²) in [4.78, 5) is 23.8. The fourth-order valence-corrected chi connectivity index (χ4v) is 2.18. The van der Waals surface area contributed by atoms with Crippen LogP contribution in [-0.4, -0.2) is 36.2 Å². The van der Waals surface area contributed by atoms with Crippen LogP contribution in [-0.2, 0) is 4.79 Å². The second kappa shape index (κ2) is 6.27. The summed E-state index contributed by atoms with van der Waals surface area (Å²) in [6.07, 6.45) is 0.701. The summed E-state index contributed by atoms with van der Waals surface area (Å²) in [5, 5.41) is 14.7. The summed E-state index contributed by atoms with van der Waals surface area (Å²) in [7, 11) is 0. The van der Waals surface area contributed by atoms with Gasteiger partial charge < -0.3 is 15.7 Å². The van der Waals surface area contributed by atoms with E-state index in [4.69, 9.17) is 5.11 Å². The molecule has 108 valence electrons. The van der Waals surface area contributed by atoms with Crippen LogP contribution in [0, 0.1) is 0 Å². The number of anilines is 2. The van der Waals surface area contributed by atoms with E-state index in [1.165, 1.54) is 0 Å². The first kappa shape index (κ1) is 14.2. The highest BCUT2D eigenvalue weighted by molar-refractivity contribution is 5.94. The lowest BCUT2D eigenvalue weighted by Crippen LogP contribution is -2.27. The summed E-state index contributed by atoms with van der Waals surface area (Å²) >= 11 is 0. The quantitative estimate of drug-likeness (QED) is 0.741. The molecule has 2 amide bonds. The van der Waals surface area contributed by atoms with Gasteiger partial charge in [0.15, 0.2) is 0 Å². The second-order valence-electron chi connectivity index (χ2n) is 4.91. The smallest absolute Gasteiger partial charge is 0.321 e. The zero-order valence-corrected chi connectivity index (χ0v) is 11.4. The second-order valence-corrected chi connectivity index (χ2v) is 4.91. The van der Waals surface area contributed by atoms with Crippen molar-refractivity contribution < 1.29 is 14.7 Å². The Morgan fingerprint density at radius 3 is 3.00 bits per heavy atom. The van der Waals surface area contributed by atoms with Gasteiger partial charge in [-0.15, -0.1) is 0 Å². The van der Waals surface area contributed by atoms with Crippen LogP contribution in [0.5, 0.6) is 0 Å². The lowest BCUT2D eigenvalue weighted by Gasteiger charge is -2.18. The van der Waals surface area contributed by atoms with Gasteiger partial charge in [-0.3, -0.25) is 9.69 Å². The van der Waals surface area contributed by atoms with Gasteiger partial charge in [0.1, 0.15) is 0 Å². The average Bonchev–Trinajstić information content (AvgIpc) is 2.83. The van der Waals surface area contributed by atoms with Crippen molar-refractivity contribution in [1.82, 2.24) is 5.32 Å². The third-order valence-corrected chi connectivity index (χ3v) is 3.22. The Balaban J connectivity index is 1.99. The predicted octanol–water partition coefficient (Wildman–Crippen LogP) is 1.88. The molecular formula is C14H19N3O3. The van der Waals surface area contributed by atoms with E-state index in [1.807, 2.05) is 31.2 Å². The van der Waals surface area contributed by atoms with Crippen LogP contribution in [0.2, 0.25) is 0 Å². The minimum Gasteiger partial charge on any atom is -0.481 e. The van der Waals surface area contributed by atoms with E-state index >= 15 is 0 Å². The number of carboxylic acids is 1. The van der Waals surface area contributed by atoms with Crippen molar-refractivity contribution >= 4 is 23.4 Å². The van der Waals surface area contributed by atoms with E-state index in [9.17, 15) is 9.59 Å². The highest BCUT2D eigenvalue weighted by atomic mass is 16.4. The molecule has 1 aromatic carbocycles. The van der Waals surface area contributed by atoms with E-state index < -0.39 is 5.97 Å². The van der Waals surface area contributed by atoms with E-state index in [1.54, 1.807) is 4.90 Å². The minimum absolute atomic E-state index is 0.0637. The van der Waals surface area contributed by atoms with Crippen molar-refractivity contribution in [2.24, 2.45) is 0 Å². The van der Waals surface area contributed by atoms with Gasteiger partial charge in [-0.1, -0.05) is 6.07 Å². The molecule has 0 spiro atoms. The van der Waals surface area contributed by atoms with Crippen molar-refractivity contribution in [2.75, 3.05) is 23.3 Å². The molecule has 20 heavy (non-hydrogen) atoms. The minimum atomic E-state index is -0.791. The van der Waals surface area contributed by atoms with Gasteiger partial charge in [-0.2, -0.15) is 0 Å². The average molecular weight is 277 g/mol. The molecule has 6 nitrogen and oxygen atoms in total. The molecule has 0 aliphatic carbocycles. The molecule has 1 unspecified atom stereocenters. The van der Waals surface area contributed by atoms with E-state index in [0.29, 0.717) is 19.5 Å². The Bertz CT molecular complexity index is 504. The van der Waals surface area contributed by atoms with Crippen molar-refractivity contribution in [2.45, 2.75) is 25.8 Å². The number of amides is 2. The number of hydrogen-bond acceptors (Lipinski definition) is 3. The van der Waals surface area contributed by atoms with Gasteiger partial charge in [0.25, 0.3) is 0 Å². The van der Waals surface area contributed by atoms with Gasteiger partial charge >= 0.3 is 12.0 Å². The summed E-state index contributed by atoms with van der Waals surface area (Å²) in [6, 6.07) is 7.57. The summed E-state index contributed by atoms with van der Waals surface area (Å²) in [5.74, 6) is -0.791. The molecule has 6 heteroatoms. The standard InChI is InChI=1S/C14H19N3O3/c1-10(5-6-13(18)19)16-11-3-2-4-12(9-11)17-8-7-15-14(17)20/h2-4,9-10,16H,5-8H2,1H3,(H,15,20)(H,18,19). The number of benzene rings is 1. The molecule has 0 aromatic heterocycles. The van der Waals surface area contributed by atoms with E-state index in [-0.39, 0.29) is 18.5 Å². The molecule has 1 saturated heterocycles. The number of urea groups is 1. The maximum atomic E-state index is 11.6. The van der Waals surface area contributed by atoms with Crippen molar-refractivity contribution in [3.8, 4) is 0 Å². The van der Waals surface area contributed by atoms with Gasteiger partial charge in [0.05, 0.1) is 0 Å². The molecule has 1 aliphatic rings. The fraction of sp³-hybridized carbons (Fsp3) is 0.429. The van der Waals surface area contributed by atoms with Gasteiger partial charge in [0.2, 0.25) is 0 Å². The highest BCUT2D eigenvalue weighted by Gasteiger charge is 2.21. The number of nitrogens with zero attached hydrogens (tertiary/aromatic N) is 1. The summed E-state index contributed by atoms with van der Waals surface area (Å²) in [6.45, 7) is 3.26. The van der Waals surface area contributed by atoms with Crippen LogP contribution in [0.25, 0.3) is 0 Å². The number of carboxylic acid groups (broad SMARTS) is 1. The van der Waals surface area contributed by atoms with E-state index in [2.05, 4.69) is 10.6 Å². The number of aliphatic carboxylic acids is 1. The molecule has 0 saturated carbocycles. The van der Waals surface area contributed by atoms with Gasteiger partial charge in [-0.05, 0) is 31.5 Å². The van der Waals surface area contributed by atoms with Crippen LogP contribution in [0.4, 0.5) is 16.2 Å². The van der Waals surface area contributed by atoms with Crippen LogP contribution in [0.1, 0.15) is 19.8 Å². The number of carbonyl (C=O) groups is 2. The molecular weight excluding hydrogens is 258 g/mol. The Labute approximate surface area is 117 Å². The molecule has 1 atom stereocenters. The van der Waals surface area contributed by atoms with Crippen LogP contribution in [0.3, 0.4) is 0 Å². The lowest BCUT2D eigenvalue weighted by atomic mass is 10.1. The number of hydrogen-bond donors (Lipinski definition) is 3. The number of carbonyl (C=O) groups excluding carboxylic acids is 1. The first-order valence-corrected chi connectivity index (χ1v) is 6.70. The zero-order chi connectivity index (χ0) is 14.5. The highest BCUT2D eigenvalue weighted by Crippen LogP contribution is 2.21. The Hall–Kier alpha value is -2.24. The van der Waals surface area contributed by atoms with E-state index in [0.717, 1.165) is 11.4 Å². The van der Waals surface area contributed by atoms with Gasteiger partial charge in [0, 0.05) is 36.9 Å². The van der Waals surface area contributed by atoms with Crippen molar-refractivity contribution in [3.63, 3.8) is 0 Å². The number of nitrogens with one attached hydrogen (secondary N) is 2. The monoisotopic (exact) mass is 277 g/mol. The zero-order valence-electron chi connectivity index (χ0n) is 11.4. The van der Waals surface area contributed by atoms with Crippen molar-refractivity contribution in [3.05, 3.63) is 24.3 Å². The Kier molecular flexibility index (Phi) is 4.45. The predicted molar refractivity (Wildman–Crippen MR) is 77.1 cm³/mol. The first-order valence-electron chi connectivity index (χ1n) is 6.70. The molecule has 0 radical (unpaired) electrons. The lowest BCUT2D eigenvalue weighted by molar-refractivity contribution is -0.137. The molecule has 3 N–H and O–H groups in total. The van der Waals surface area contributed by atoms with Crippen molar-refractivity contribution in [1.29, 1.82) is 0 Å². The topological polar surface area (TPSA) is 81.7 Å². The largest absolute Gasteiger partial charge is 0.481 e. The first-order chi connectivity index (χ1) is 9.56. The van der Waals surface area contributed by atoms with Crippen LogP contribution >= 0.6 is 0 Å². The molecule has 1 aliphatic heterocycles. The molecule has 1 fully saturated rings. The SMILES string of the molecule is CC(CCC(=O)O)Nc1cccc(N2CCNC2=O)c1. The molecule has 2 rings (SSSR count). The van der Waals surface area contributed by atoms with Crippen LogP contribution < -0.4 is 15.5 Å². The third-order valence-electron chi connectivity index (χ3n) is 3.22. The molecule has 0 bridgehead atoms. The summed E-state index contributed by atoms with van der Waals surface area (Å²) < 4.78 is 0. The molecule has 1 heterocycles. The third kappa shape index (κ3) is 3.63. The van der Waals surface area contributed by atoms with Crippen LogP contribution in [0.15, 0.2) is 24.3 Å². The number of rotatable bonds is 6. The van der Waals surface area contributed by atoms with Gasteiger partial charge in [-0.25, -0.2) is 4.79 Å².